The Balaban J connectivity index is 1.69. The van der Waals surface area contributed by atoms with Crippen molar-refractivity contribution in [1.29, 1.82) is 0 Å². The van der Waals surface area contributed by atoms with Gasteiger partial charge >= 0.3 is 0 Å². The third-order valence-corrected chi connectivity index (χ3v) is 3.94. The molecular formula is C17H23FN2O2. The van der Waals surface area contributed by atoms with Crippen molar-refractivity contribution in [3.05, 3.63) is 35.6 Å². The van der Waals surface area contributed by atoms with Crippen molar-refractivity contribution in [1.82, 2.24) is 10.6 Å². The highest BCUT2D eigenvalue weighted by Crippen LogP contribution is 2.17. The zero-order valence-electron chi connectivity index (χ0n) is 12.7. The molecule has 1 saturated carbocycles. The Morgan fingerprint density at radius 3 is 2.27 bits per heavy atom. The number of carbonyl (C=O) groups is 2. The standard InChI is InChI=1S/C17H23FN2O2/c18-14-9-7-13(8-10-14)12-19-16(21)11-17(22)20-15-5-3-1-2-4-6-15/h7-10,15H,1-6,11-12H2,(H,19,21)(H,20,22). The molecular weight excluding hydrogens is 283 g/mol. The fraction of sp³-hybridized carbons (Fsp3) is 0.529. The van der Waals surface area contributed by atoms with E-state index in [-0.39, 0.29) is 30.1 Å². The zero-order valence-corrected chi connectivity index (χ0v) is 12.7. The lowest BCUT2D eigenvalue weighted by atomic mass is 10.1. The molecule has 0 atom stereocenters. The minimum Gasteiger partial charge on any atom is -0.353 e. The monoisotopic (exact) mass is 306 g/mol. The molecule has 0 aromatic heterocycles. The van der Waals surface area contributed by atoms with Gasteiger partial charge in [-0.1, -0.05) is 37.8 Å². The lowest BCUT2D eigenvalue weighted by Crippen LogP contribution is -2.37. The Bertz CT molecular complexity index is 494. The van der Waals surface area contributed by atoms with Crippen LogP contribution < -0.4 is 10.6 Å². The van der Waals surface area contributed by atoms with Gasteiger partial charge in [0, 0.05) is 12.6 Å². The number of nitrogens with one attached hydrogen (secondary N) is 2. The quantitative estimate of drug-likeness (QED) is 0.649. The van der Waals surface area contributed by atoms with Crippen LogP contribution in [-0.2, 0) is 16.1 Å². The second-order valence-electron chi connectivity index (χ2n) is 5.84. The van der Waals surface area contributed by atoms with Gasteiger partial charge in [0.05, 0.1) is 0 Å². The Kier molecular flexibility index (Phi) is 6.37. The third kappa shape index (κ3) is 5.84. The highest BCUT2D eigenvalue weighted by molar-refractivity contribution is 5.96. The first-order valence-electron chi connectivity index (χ1n) is 7.94. The summed E-state index contributed by atoms with van der Waals surface area (Å²) in [5, 5.41) is 5.62. The number of benzene rings is 1. The average Bonchev–Trinajstić information content (AvgIpc) is 2.75. The second-order valence-corrected chi connectivity index (χ2v) is 5.84. The summed E-state index contributed by atoms with van der Waals surface area (Å²) in [5.41, 5.74) is 0.805. The van der Waals surface area contributed by atoms with E-state index in [2.05, 4.69) is 10.6 Å². The van der Waals surface area contributed by atoms with Crippen LogP contribution in [0.2, 0.25) is 0 Å². The predicted molar refractivity (Wildman–Crippen MR) is 82.5 cm³/mol. The van der Waals surface area contributed by atoms with E-state index in [0.29, 0.717) is 6.54 Å². The van der Waals surface area contributed by atoms with E-state index in [1.807, 2.05) is 0 Å². The molecule has 1 aromatic carbocycles. The normalized spacial score (nSPS) is 15.9. The van der Waals surface area contributed by atoms with Crippen LogP contribution in [0.15, 0.2) is 24.3 Å². The summed E-state index contributed by atoms with van der Waals surface area (Å²) in [7, 11) is 0. The van der Waals surface area contributed by atoms with Crippen molar-refractivity contribution in [3.63, 3.8) is 0 Å². The molecule has 0 heterocycles. The van der Waals surface area contributed by atoms with E-state index in [9.17, 15) is 14.0 Å². The Morgan fingerprint density at radius 1 is 1.00 bits per heavy atom. The zero-order chi connectivity index (χ0) is 15.8. The SMILES string of the molecule is O=C(CC(=O)NC1CCCCCC1)NCc1ccc(F)cc1. The van der Waals surface area contributed by atoms with Gasteiger partial charge < -0.3 is 10.6 Å². The minimum absolute atomic E-state index is 0.155. The fourth-order valence-corrected chi connectivity index (χ4v) is 2.71. The van der Waals surface area contributed by atoms with Crippen LogP contribution in [0.1, 0.15) is 50.5 Å². The number of carbonyl (C=O) groups excluding carboxylic acids is 2. The Hall–Kier alpha value is -1.91. The number of hydrogen-bond donors (Lipinski definition) is 2. The number of amides is 2. The summed E-state index contributed by atoms with van der Waals surface area (Å²) < 4.78 is 12.8. The first-order chi connectivity index (χ1) is 10.6. The molecule has 0 radical (unpaired) electrons. The van der Waals surface area contributed by atoms with Crippen LogP contribution in [0.5, 0.6) is 0 Å². The van der Waals surface area contributed by atoms with Crippen molar-refractivity contribution in [2.24, 2.45) is 0 Å². The largest absolute Gasteiger partial charge is 0.353 e. The van der Waals surface area contributed by atoms with Crippen molar-refractivity contribution in [2.75, 3.05) is 0 Å². The molecule has 2 rings (SSSR count). The van der Waals surface area contributed by atoms with E-state index in [4.69, 9.17) is 0 Å². The van der Waals surface area contributed by atoms with Crippen LogP contribution in [-0.4, -0.2) is 17.9 Å². The molecule has 1 aliphatic rings. The number of halogens is 1. The molecule has 0 saturated heterocycles. The molecule has 1 aromatic rings. The van der Waals surface area contributed by atoms with Gasteiger partial charge in [0.1, 0.15) is 12.2 Å². The van der Waals surface area contributed by atoms with Crippen LogP contribution in [0.4, 0.5) is 4.39 Å². The van der Waals surface area contributed by atoms with E-state index >= 15 is 0 Å². The van der Waals surface area contributed by atoms with Gasteiger partial charge in [0.2, 0.25) is 11.8 Å². The Morgan fingerprint density at radius 2 is 1.64 bits per heavy atom. The first-order valence-corrected chi connectivity index (χ1v) is 7.94. The first kappa shape index (κ1) is 16.5. The van der Waals surface area contributed by atoms with Gasteiger partial charge in [-0.05, 0) is 30.5 Å². The highest BCUT2D eigenvalue weighted by Gasteiger charge is 2.16. The van der Waals surface area contributed by atoms with Gasteiger partial charge in [-0.2, -0.15) is 0 Å². The molecule has 2 N–H and O–H groups in total. The summed E-state index contributed by atoms with van der Waals surface area (Å²) in [6.07, 6.45) is 6.59. The van der Waals surface area contributed by atoms with Crippen molar-refractivity contribution >= 4 is 11.8 Å². The van der Waals surface area contributed by atoms with Gasteiger partial charge in [-0.3, -0.25) is 9.59 Å². The van der Waals surface area contributed by atoms with Crippen LogP contribution >= 0.6 is 0 Å². The second kappa shape index (κ2) is 8.51. The van der Waals surface area contributed by atoms with Gasteiger partial charge in [-0.15, -0.1) is 0 Å². The fourth-order valence-electron chi connectivity index (χ4n) is 2.71. The maximum absolute atomic E-state index is 12.8. The molecule has 1 aliphatic carbocycles. The summed E-state index contributed by atoms with van der Waals surface area (Å²) in [6.45, 7) is 0.301. The van der Waals surface area contributed by atoms with Crippen LogP contribution in [0.25, 0.3) is 0 Å². The molecule has 0 spiro atoms. The summed E-state index contributed by atoms with van der Waals surface area (Å²) in [6, 6.07) is 6.13. The van der Waals surface area contributed by atoms with E-state index in [0.717, 1.165) is 31.2 Å². The van der Waals surface area contributed by atoms with Crippen LogP contribution in [0.3, 0.4) is 0 Å². The lowest BCUT2D eigenvalue weighted by Gasteiger charge is -2.16. The van der Waals surface area contributed by atoms with Crippen molar-refractivity contribution in [3.8, 4) is 0 Å². The van der Waals surface area contributed by atoms with E-state index < -0.39 is 0 Å². The highest BCUT2D eigenvalue weighted by atomic mass is 19.1. The molecule has 120 valence electrons. The van der Waals surface area contributed by atoms with E-state index in [1.54, 1.807) is 12.1 Å². The van der Waals surface area contributed by atoms with Gasteiger partial charge in [0.25, 0.3) is 0 Å². The average molecular weight is 306 g/mol. The predicted octanol–water partition coefficient (Wildman–Crippen LogP) is 2.67. The van der Waals surface area contributed by atoms with Crippen molar-refractivity contribution in [2.45, 2.75) is 57.5 Å². The lowest BCUT2D eigenvalue weighted by molar-refractivity contribution is -0.129. The molecule has 4 nitrogen and oxygen atoms in total. The van der Waals surface area contributed by atoms with Crippen LogP contribution in [0, 0.1) is 5.82 Å². The molecule has 5 heteroatoms. The molecule has 0 aliphatic heterocycles. The molecule has 22 heavy (non-hydrogen) atoms. The Labute approximate surface area is 130 Å². The maximum atomic E-state index is 12.8. The van der Waals surface area contributed by atoms with E-state index in [1.165, 1.54) is 25.0 Å². The topological polar surface area (TPSA) is 58.2 Å². The van der Waals surface area contributed by atoms with Gasteiger partial charge in [-0.25, -0.2) is 4.39 Å². The minimum atomic E-state index is -0.310. The summed E-state index contributed by atoms with van der Waals surface area (Å²) >= 11 is 0. The summed E-state index contributed by atoms with van der Waals surface area (Å²) in [4.78, 5) is 23.6. The molecule has 1 fully saturated rings. The maximum Gasteiger partial charge on any atom is 0.229 e. The smallest absolute Gasteiger partial charge is 0.229 e. The third-order valence-electron chi connectivity index (χ3n) is 3.94. The molecule has 2 amide bonds. The molecule has 0 unspecified atom stereocenters. The van der Waals surface area contributed by atoms with Gasteiger partial charge in [0.15, 0.2) is 0 Å². The summed E-state index contributed by atoms with van der Waals surface area (Å²) in [5.74, 6) is -0.836. The number of rotatable bonds is 5. The van der Waals surface area contributed by atoms with Crippen molar-refractivity contribution < 1.29 is 14.0 Å². The molecule has 0 bridgehead atoms. The number of hydrogen-bond acceptors (Lipinski definition) is 2.